The zero-order valence-corrected chi connectivity index (χ0v) is 8.31. The molecule has 7 heteroatoms. The Balaban J connectivity index is 2.15. The van der Waals surface area contributed by atoms with E-state index in [1.807, 2.05) is 0 Å². The van der Waals surface area contributed by atoms with Crippen LogP contribution in [-0.4, -0.2) is 30.7 Å². The molecule has 2 aromatic heterocycles. The van der Waals surface area contributed by atoms with Gasteiger partial charge in [0, 0.05) is 6.20 Å². The number of carbonyl (C=O) groups is 1. The summed E-state index contributed by atoms with van der Waals surface area (Å²) in [7, 11) is 0. The van der Waals surface area contributed by atoms with Crippen molar-refractivity contribution in [3.63, 3.8) is 0 Å². The highest BCUT2D eigenvalue weighted by Crippen LogP contribution is 2.22. The van der Waals surface area contributed by atoms with E-state index in [9.17, 15) is 4.79 Å². The quantitative estimate of drug-likeness (QED) is 0.728. The fraction of sp³-hybridized carbons (Fsp3) is 0.125. The zero-order chi connectivity index (χ0) is 10.4. The molecule has 0 spiro atoms. The van der Waals surface area contributed by atoms with Crippen molar-refractivity contribution < 1.29 is 9.90 Å². The predicted octanol–water partition coefficient (Wildman–Crippen LogP) is 1.26. The smallest absolute Gasteiger partial charge is 0.411 e. The second kappa shape index (κ2) is 2.80. The molecular weight excluding hydrogens is 216 g/mol. The highest BCUT2D eigenvalue weighted by Gasteiger charge is 2.21. The van der Waals surface area contributed by atoms with Crippen LogP contribution in [0.3, 0.4) is 0 Å². The molecule has 0 bridgehead atoms. The summed E-state index contributed by atoms with van der Waals surface area (Å²) in [5.41, 5.74) is 3.30. The number of rotatable bonds is 0. The Labute approximate surface area is 88.1 Å². The molecular formula is C8H6N4O2S. The van der Waals surface area contributed by atoms with Crippen molar-refractivity contribution in [1.82, 2.24) is 19.5 Å². The average Bonchev–Trinajstić information content (AvgIpc) is 2.75. The standard InChI is InChI=1S/C8H6N4O2S/c13-8(14)11-2-1-5-6(3-11)12-7(10-5)15-4-9-12/h1-2,4H,3H2,(H,13,14). The van der Waals surface area contributed by atoms with E-state index < -0.39 is 6.09 Å². The molecule has 0 saturated carbocycles. The average molecular weight is 222 g/mol. The number of carboxylic acid groups (broad SMARTS) is 1. The summed E-state index contributed by atoms with van der Waals surface area (Å²) in [5.74, 6) is 0. The third-order valence-corrected chi connectivity index (χ3v) is 2.92. The van der Waals surface area contributed by atoms with Crippen molar-refractivity contribution in [2.45, 2.75) is 6.54 Å². The highest BCUT2D eigenvalue weighted by atomic mass is 32.1. The number of hydrogen-bond acceptors (Lipinski definition) is 4. The van der Waals surface area contributed by atoms with Gasteiger partial charge in [0.1, 0.15) is 5.51 Å². The molecule has 3 heterocycles. The molecule has 0 unspecified atom stereocenters. The molecule has 0 aromatic carbocycles. The molecule has 0 radical (unpaired) electrons. The van der Waals surface area contributed by atoms with Crippen LogP contribution in [0.4, 0.5) is 4.79 Å². The van der Waals surface area contributed by atoms with Gasteiger partial charge in [-0.15, -0.1) is 0 Å². The number of hydrogen-bond donors (Lipinski definition) is 1. The van der Waals surface area contributed by atoms with Crippen LogP contribution in [0.15, 0.2) is 11.7 Å². The van der Waals surface area contributed by atoms with Crippen molar-refractivity contribution in [2.24, 2.45) is 0 Å². The van der Waals surface area contributed by atoms with Crippen LogP contribution in [0.1, 0.15) is 11.4 Å². The third-order valence-electron chi connectivity index (χ3n) is 2.25. The molecule has 1 aliphatic rings. The minimum atomic E-state index is -0.970. The van der Waals surface area contributed by atoms with Crippen LogP contribution in [0, 0.1) is 0 Å². The van der Waals surface area contributed by atoms with E-state index in [0.717, 1.165) is 16.3 Å². The van der Waals surface area contributed by atoms with Gasteiger partial charge in [0.15, 0.2) is 0 Å². The van der Waals surface area contributed by atoms with Crippen LogP contribution in [0.5, 0.6) is 0 Å². The Bertz CT molecular complexity index is 570. The van der Waals surface area contributed by atoms with Gasteiger partial charge in [-0.05, 0) is 6.08 Å². The van der Waals surface area contributed by atoms with E-state index in [-0.39, 0.29) is 0 Å². The number of nitrogens with zero attached hydrogens (tertiary/aromatic N) is 4. The monoisotopic (exact) mass is 222 g/mol. The van der Waals surface area contributed by atoms with Crippen LogP contribution < -0.4 is 0 Å². The molecule has 1 N–H and O–H groups in total. The summed E-state index contributed by atoms with van der Waals surface area (Å²) >= 11 is 1.43. The van der Waals surface area contributed by atoms with Gasteiger partial charge < -0.3 is 5.11 Å². The number of fused-ring (bicyclic) bond motifs is 3. The van der Waals surface area contributed by atoms with Crippen LogP contribution in [-0.2, 0) is 6.54 Å². The van der Waals surface area contributed by atoms with Gasteiger partial charge in [-0.25, -0.2) is 14.3 Å². The van der Waals surface area contributed by atoms with Gasteiger partial charge in [-0.1, -0.05) is 11.3 Å². The lowest BCUT2D eigenvalue weighted by Crippen LogP contribution is -2.26. The molecule has 76 valence electrons. The van der Waals surface area contributed by atoms with Gasteiger partial charge >= 0.3 is 6.09 Å². The van der Waals surface area contributed by atoms with E-state index >= 15 is 0 Å². The molecule has 15 heavy (non-hydrogen) atoms. The van der Waals surface area contributed by atoms with Gasteiger partial charge in [-0.2, -0.15) is 5.10 Å². The molecule has 0 saturated heterocycles. The molecule has 0 atom stereocenters. The van der Waals surface area contributed by atoms with Crippen molar-refractivity contribution in [1.29, 1.82) is 0 Å². The van der Waals surface area contributed by atoms with E-state index in [0.29, 0.717) is 6.54 Å². The molecule has 6 nitrogen and oxygen atoms in total. The number of amides is 1. The van der Waals surface area contributed by atoms with Crippen LogP contribution in [0.25, 0.3) is 11.0 Å². The summed E-state index contributed by atoms with van der Waals surface area (Å²) in [5, 5.41) is 13.0. The van der Waals surface area contributed by atoms with Crippen molar-refractivity contribution in [3.8, 4) is 0 Å². The van der Waals surface area contributed by atoms with E-state index in [4.69, 9.17) is 5.11 Å². The minimum absolute atomic E-state index is 0.298. The second-order valence-electron chi connectivity index (χ2n) is 3.10. The first kappa shape index (κ1) is 8.42. The maximum Gasteiger partial charge on any atom is 0.411 e. The zero-order valence-electron chi connectivity index (χ0n) is 7.49. The minimum Gasteiger partial charge on any atom is -0.465 e. The Hall–Kier alpha value is -1.89. The largest absolute Gasteiger partial charge is 0.465 e. The molecule has 0 fully saturated rings. The fourth-order valence-electron chi connectivity index (χ4n) is 1.54. The third kappa shape index (κ3) is 1.13. The van der Waals surface area contributed by atoms with Crippen LogP contribution in [0.2, 0.25) is 0 Å². The Morgan fingerprint density at radius 2 is 2.47 bits per heavy atom. The van der Waals surface area contributed by atoms with Crippen molar-refractivity contribution in [2.75, 3.05) is 0 Å². The van der Waals surface area contributed by atoms with Gasteiger partial charge in [0.05, 0.1) is 17.9 Å². The first-order valence-electron chi connectivity index (χ1n) is 4.24. The molecule has 1 amide bonds. The fourth-order valence-corrected chi connectivity index (χ4v) is 2.18. The number of aromatic nitrogens is 3. The summed E-state index contributed by atoms with van der Waals surface area (Å²) in [6.07, 6.45) is 2.23. The summed E-state index contributed by atoms with van der Waals surface area (Å²) < 4.78 is 1.68. The molecule has 2 aromatic rings. The summed E-state index contributed by atoms with van der Waals surface area (Å²) in [6.45, 7) is 0.298. The highest BCUT2D eigenvalue weighted by molar-refractivity contribution is 7.14. The maximum atomic E-state index is 10.8. The second-order valence-corrected chi connectivity index (χ2v) is 3.91. The normalized spacial score (nSPS) is 14.5. The Kier molecular flexibility index (Phi) is 1.57. The van der Waals surface area contributed by atoms with E-state index in [1.54, 1.807) is 16.1 Å². The van der Waals surface area contributed by atoms with Crippen molar-refractivity contribution >= 4 is 28.5 Å². The Morgan fingerprint density at radius 3 is 3.27 bits per heavy atom. The topological polar surface area (TPSA) is 70.7 Å². The lowest BCUT2D eigenvalue weighted by Gasteiger charge is -2.17. The summed E-state index contributed by atoms with van der Waals surface area (Å²) in [4.78, 5) is 17.1. The van der Waals surface area contributed by atoms with E-state index in [1.165, 1.54) is 22.4 Å². The first-order valence-corrected chi connectivity index (χ1v) is 5.12. The lowest BCUT2D eigenvalue weighted by molar-refractivity contribution is 0.160. The lowest BCUT2D eigenvalue weighted by atomic mass is 10.2. The molecule has 1 aliphatic heterocycles. The first-order chi connectivity index (χ1) is 7.25. The maximum absolute atomic E-state index is 10.8. The predicted molar refractivity (Wildman–Crippen MR) is 53.5 cm³/mol. The molecule has 3 rings (SSSR count). The Morgan fingerprint density at radius 1 is 1.60 bits per heavy atom. The number of imidazole rings is 1. The van der Waals surface area contributed by atoms with Crippen molar-refractivity contribution in [3.05, 3.63) is 23.1 Å². The summed E-state index contributed by atoms with van der Waals surface area (Å²) in [6, 6.07) is 0. The van der Waals surface area contributed by atoms with E-state index in [2.05, 4.69) is 10.1 Å². The van der Waals surface area contributed by atoms with Gasteiger partial charge in [0.25, 0.3) is 0 Å². The van der Waals surface area contributed by atoms with Gasteiger partial charge in [0.2, 0.25) is 4.96 Å². The van der Waals surface area contributed by atoms with Crippen LogP contribution >= 0.6 is 11.3 Å². The SMILES string of the molecule is O=C(O)N1C=Cc2nc3scnn3c2C1. The van der Waals surface area contributed by atoms with Gasteiger partial charge in [-0.3, -0.25) is 4.90 Å². The molecule has 0 aliphatic carbocycles.